The van der Waals surface area contributed by atoms with Gasteiger partial charge < -0.3 is 9.47 Å². The van der Waals surface area contributed by atoms with Crippen molar-refractivity contribution in [1.82, 2.24) is 4.90 Å². The van der Waals surface area contributed by atoms with Crippen LogP contribution in [-0.4, -0.2) is 43.9 Å². The average Bonchev–Trinajstić information content (AvgIpc) is 3.62. The van der Waals surface area contributed by atoms with Gasteiger partial charge in [-0.05, 0) is 92.0 Å². The molecule has 2 bridgehead atoms. The van der Waals surface area contributed by atoms with Gasteiger partial charge in [-0.2, -0.15) is 0 Å². The van der Waals surface area contributed by atoms with Crippen molar-refractivity contribution in [2.75, 3.05) is 26.8 Å². The molecular weight excluding hydrogens is 346 g/mol. The Morgan fingerprint density at radius 1 is 1.29 bits per heavy atom. The van der Waals surface area contributed by atoms with Crippen LogP contribution in [0.15, 0.2) is 30.9 Å². The number of piperidine rings is 1. The van der Waals surface area contributed by atoms with E-state index in [0.717, 1.165) is 35.5 Å². The molecule has 4 fully saturated rings. The summed E-state index contributed by atoms with van der Waals surface area (Å²) in [6.07, 6.45) is 10.3. The molecule has 28 heavy (non-hydrogen) atoms. The van der Waals surface area contributed by atoms with E-state index in [9.17, 15) is 0 Å². The van der Waals surface area contributed by atoms with Crippen LogP contribution in [0.25, 0.3) is 0 Å². The highest BCUT2D eigenvalue weighted by Crippen LogP contribution is 2.67. The van der Waals surface area contributed by atoms with Crippen LogP contribution < -0.4 is 4.74 Å². The van der Waals surface area contributed by atoms with Crippen molar-refractivity contribution in [3.63, 3.8) is 0 Å². The highest BCUT2D eigenvalue weighted by Gasteiger charge is 2.66. The number of hydrogen-bond acceptors (Lipinski definition) is 3. The van der Waals surface area contributed by atoms with Crippen molar-refractivity contribution in [3.8, 4) is 5.75 Å². The molecule has 4 aliphatic carbocycles. The van der Waals surface area contributed by atoms with Gasteiger partial charge in [-0.1, -0.05) is 12.1 Å². The molecule has 6 atom stereocenters. The third-order valence-corrected chi connectivity index (χ3v) is 8.66. The fraction of sp³-hybridized carbons (Fsp3) is 0.680. The van der Waals surface area contributed by atoms with Crippen molar-refractivity contribution in [2.45, 2.75) is 56.1 Å². The molecule has 6 rings (SSSR count). The van der Waals surface area contributed by atoms with Crippen molar-refractivity contribution < 1.29 is 9.47 Å². The number of nitrogens with zero attached hydrogens (tertiary/aromatic N) is 1. The van der Waals surface area contributed by atoms with E-state index in [1.54, 1.807) is 18.2 Å². The number of benzene rings is 1. The fourth-order valence-electron chi connectivity index (χ4n) is 7.25. The summed E-state index contributed by atoms with van der Waals surface area (Å²) in [6.45, 7) is 7.18. The van der Waals surface area contributed by atoms with Crippen molar-refractivity contribution in [3.05, 3.63) is 42.0 Å². The number of fused-ring (bicyclic) bond motifs is 2. The second-order valence-corrected chi connectivity index (χ2v) is 10.1. The molecule has 0 spiro atoms. The summed E-state index contributed by atoms with van der Waals surface area (Å²) in [6, 6.07) is 7.65. The molecule has 1 aliphatic heterocycles. The molecule has 3 saturated carbocycles. The molecule has 0 radical (unpaired) electrons. The molecule has 0 aromatic heterocycles. The van der Waals surface area contributed by atoms with Crippen LogP contribution in [0.3, 0.4) is 0 Å². The molecule has 3 heteroatoms. The van der Waals surface area contributed by atoms with E-state index in [-0.39, 0.29) is 5.41 Å². The summed E-state index contributed by atoms with van der Waals surface area (Å²) in [5, 5.41) is 0. The van der Waals surface area contributed by atoms with Crippen LogP contribution in [0.1, 0.15) is 43.2 Å². The van der Waals surface area contributed by atoms with E-state index >= 15 is 0 Å². The van der Waals surface area contributed by atoms with Crippen molar-refractivity contribution >= 4 is 0 Å². The third-order valence-electron chi connectivity index (χ3n) is 8.66. The normalized spacial score (nSPS) is 40.8. The van der Waals surface area contributed by atoms with E-state index in [1.165, 1.54) is 51.6 Å². The van der Waals surface area contributed by atoms with Gasteiger partial charge >= 0.3 is 0 Å². The van der Waals surface area contributed by atoms with Gasteiger partial charge in [-0.25, -0.2) is 0 Å². The minimum atomic E-state index is 0.288. The third kappa shape index (κ3) is 2.55. The fourth-order valence-corrected chi connectivity index (χ4v) is 7.25. The molecule has 0 N–H and O–H groups in total. The predicted octanol–water partition coefficient (Wildman–Crippen LogP) is 4.20. The van der Waals surface area contributed by atoms with Gasteiger partial charge in [-0.3, -0.25) is 4.90 Å². The highest BCUT2D eigenvalue weighted by molar-refractivity contribution is 5.47. The molecule has 0 amide bonds. The Bertz CT molecular complexity index is 787. The molecular formula is C25H33NO2. The zero-order valence-corrected chi connectivity index (χ0v) is 17.1. The van der Waals surface area contributed by atoms with E-state index in [2.05, 4.69) is 29.7 Å². The molecule has 1 saturated heterocycles. The highest BCUT2D eigenvalue weighted by atomic mass is 16.5. The van der Waals surface area contributed by atoms with Crippen molar-refractivity contribution in [1.29, 1.82) is 0 Å². The van der Waals surface area contributed by atoms with E-state index < -0.39 is 0 Å². The smallest absolute Gasteiger partial charge is 0.119 e. The maximum atomic E-state index is 6.33. The van der Waals surface area contributed by atoms with Gasteiger partial charge in [0.2, 0.25) is 0 Å². The van der Waals surface area contributed by atoms with Gasteiger partial charge in [0, 0.05) is 18.0 Å². The van der Waals surface area contributed by atoms with Gasteiger partial charge in [0.05, 0.1) is 19.8 Å². The summed E-state index contributed by atoms with van der Waals surface area (Å²) in [5.74, 6) is 4.45. The molecule has 5 aliphatic rings. The first-order valence-electron chi connectivity index (χ1n) is 11.4. The first-order valence-corrected chi connectivity index (χ1v) is 11.4. The van der Waals surface area contributed by atoms with Gasteiger partial charge in [0.1, 0.15) is 5.75 Å². The largest absolute Gasteiger partial charge is 0.497 e. The van der Waals surface area contributed by atoms with E-state index in [1.807, 2.05) is 6.08 Å². The van der Waals surface area contributed by atoms with Crippen LogP contribution in [-0.2, 0) is 16.6 Å². The number of likely N-dealkylation sites (tertiary alicyclic amines) is 1. The summed E-state index contributed by atoms with van der Waals surface area (Å²) < 4.78 is 12.0. The van der Waals surface area contributed by atoms with Crippen LogP contribution >= 0.6 is 0 Å². The number of methoxy groups -OCH3 is 1. The lowest BCUT2D eigenvalue weighted by atomic mass is 9.51. The van der Waals surface area contributed by atoms with Gasteiger partial charge in [-0.15, -0.1) is 6.58 Å². The standard InChI is InChI=1S/C25H33NO2/c1-3-10-28-23-14-25-8-9-26(15-16-4-5-16)22(24(25)20-13-19(20)23)11-17-6-7-18(27-2)12-21(17)25/h3,6-7,12,16,19-20,22-24H,1,4-5,8-11,13-15H2,2H3/t19?,20?,22-,23?,24?,25-/m1/s1. The Morgan fingerprint density at radius 2 is 2.18 bits per heavy atom. The van der Waals surface area contributed by atoms with E-state index in [4.69, 9.17) is 9.47 Å². The van der Waals surface area contributed by atoms with Crippen LogP contribution in [0, 0.1) is 23.7 Å². The Hall–Kier alpha value is -1.32. The van der Waals surface area contributed by atoms with Gasteiger partial charge in [0.15, 0.2) is 0 Å². The zero-order valence-electron chi connectivity index (χ0n) is 17.1. The SMILES string of the molecule is C=CCOC1C[C@]23CCN(CC4CC4)[C@H](Cc4ccc(OC)cc42)C3C2CC12. The second-order valence-electron chi connectivity index (χ2n) is 10.1. The first-order chi connectivity index (χ1) is 13.7. The number of hydrogen-bond donors (Lipinski definition) is 0. The zero-order chi connectivity index (χ0) is 18.9. The topological polar surface area (TPSA) is 21.7 Å². The monoisotopic (exact) mass is 379 g/mol. The van der Waals surface area contributed by atoms with Crippen molar-refractivity contribution in [2.24, 2.45) is 23.7 Å². The molecule has 150 valence electrons. The molecule has 3 nitrogen and oxygen atoms in total. The second kappa shape index (κ2) is 6.34. The minimum Gasteiger partial charge on any atom is -0.497 e. The lowest BCUT2D eigenvalue weighted by molar-refractivity contribution is -0.0729. The van der Waals surface area contributed by atoms with Crippen LogP contribution in [0.5, 0.6) is 5.75 Å². The lowest BCUT2D eigenvalue weighted by Gasteiger charge is -2.60. The molecule has 1 aromatic carbocycles. The predicted molar refractivity (Wildman–Crippen MR) is 111 cm³/mol. The first kappa shape index (κ1) is 17.5. The summed E-state index contributed by atoms with van der Waals surface area (Å²) in [5.41, 5.74) is 3.46. The van der Waals surface area contributed by atoms with Gasteiger partial charge in [0.25, 0.3) is 0 Å². The average molecular weight is 380 g/mol. The summed E-state index contributed by atoms with van der Waals surface area (Å²) >= 11 is 0. The quantitative estimate of drug-likeness (QED) is 0.692. The number of ether oxygens (including phenoxy) is 2. The molecule has 1 heterocycles. The number of rotatable bonds is 6. The maximum Gasteiger partial charge on any atom is 0.119 e. The van der Waals surface area contributed by atoms with Crippen LogP contribution in [0.2, 0.25) is 0 Å². The Balaban J connectivity index is 1.42. The maximum absolute atomic E-state index is 6.33. The van der Waals surface area contributed by atoms with E-state index in [0.29, 0.717) is 12.7 Å². The minimum absolute atomic E-state index is 0.288. The van der Waals surface area contributed by atoms with Crippen LogP contribution in [0.4, 0.5) is 0 Å². The molecule has 4 unspecified atom stereocenters. The summed E-state index contributed by atoms with van der Waals surface area (Å²) in [4.78, 5) is 2.90. The lowest BCUT2D eigenvalue weighted by Crippen LogP contribution is -2.63. The molecule has 1 aromatic rings. The Morgan fingerprint density at radius 3 is 2.96 bits per heavy atom. The summed E-state index contributed by atoms with van der Waals surface area (Å²) in [7, 11) is 1.80. The Labute approximate surface area is 169 Å². The Kier molecular flexibility index (Phi) is 3.97.